The fourth-order valence-corrected chi connectivity index (χ4v) is 3.01. The highest BCUT2D eigenvalue weighted by atomic mass is 15.0. The van der Waals surface area contributed by atoms with Gasteiger partial charge in [0.05, 0.1) is 0 Å². The average Bonchev–Trinajstić information content (AvgIpc) is 2.46. The number of nitrogens with two attached hydrogens (primary N) is 1. The Hall–Kier alpha value is -0.860. The number of unbranched alkanes of at least 4 members (excludes halogenated alkanes) is 1. The standard InChI is InChI=1S/C17H28N2/c1-2-3-9-17(14-7-5-4-6-8-14)19-16-12-10-15(18)11-13-16/h4-8,15-17,19H,2-3,9-13,18H2,1H3. The van der Waals surface area contributed by atoms with Gasteiger partial charge in [0.2, 0.25) is 0 Å². The lowest BCUT2D eigenvalue weighted by atomic mass is 9.90. The summed E-state index contributed by atoms with van der Waals surface area (Å²) in [6.07, 6.45) is 8.61. The minimum atomic E-state index is 0.434. The van der Waals surface area contributed by atoms with Crippen LogP contribution in [0, 0.1) is 0 Å². The summed E-state index contributed by atoms with van der Waals surface area (Å²) in [6.45, 7) is 2.27. The van der Waals surface area contributed by atoms with E-state index in [2.05, 4.69) is 42.6 Å². The van der Waals surface area contributed by atoms with Gasteiger partial charge in [-0.05, 0) is 37.7 Å². The van der Waals surface area contributed by atoms with Crippen LogP contribution in [0.15, 0.2) is 30.3 Å². The molecular formula is C17H28N2. The van der Waals surface area contributed by atoms with Gasteiger partial charge >= 0.3 is 0 Å². The average molecular weight is 260 g/mol. The SMILES string of the molecule is CCCCC(NC1CCC(N)CC1)c1ccccc1. The first-order valence-corrected chi connectivity index (χ1v) is 7.86. The number of hydrogen-bond acceptors (Lipinski definition) is 2. The Morgan fingerprint density at radius 3 is 2.47 bits per heavy atom. The van der Waals surface area contributed by atoms with Crippen molar-refractivity contribution in [3.8, 4) is 0 Å². The highest BCUT2D eigenvalue weighted by molar-refractivity contribution is 5.19. The maximum absolute atomic E-state index is 5.99. The number of benzene rings is 1. The number of hydrogen-bond donors (Lipinski definition) is 2. The molecule has 19 heavy (non-hydrogen) atoms. The van der Waals surface area contributed by atoms with Gasteiger partial charge in [-0.1, -0.05) is 50.1 Å². The first-order valence-electron chi connectivity index (χ1n) is 7.86. The summed E-state index contributed by atoms with van der Waals surface area (Å²) in [5, 5.41) is 3.87. The van der Waals surface area contributed by atoms with Gasteiger partial charge in [0.15, 0.2) is 0 Å². The Kier molecular flexibility index (Phi) is 5.87. The quantitative estimate of drug-likeness (QED) is 0.817. The summed E-state index contributed by atoms with van der Waals surface area (Å²) in [6, 6.07) is 12.5. The van der Waals surface area contributed by atoms with Gasteiger partial charge in [-0.25, -0.2) is 0 Å². The minimum absolute atomic E-state index is 0.434. The summed E-state index contributed by atoms with van der Waals surface area (Å²) in [4.78, 5) is 0. The van der Waals surface area contributed by atoms with Crippen molar-refractivity contribution in [2.75, 3.05) is 0 Å². The zero-order valence-electron chi connectivity index (χ0n) is 12.1. The third kappa shape index (κ3) is 4.63. The fourth-order valence-electron chi connectivity index (χ4n) is 3.01. The van der Waals surface area contributed by atoms with Crippen molar-refractivity contribution in [1.82, 2.24) is 5.32 Å². The lowest BCUT2D eigenvalue weighted by Gasteiger charge is -2.31. The van der Waals surface area contributed by atoms with Crippen LogP contribution in [-0.4, -0.2) is 12.1 Å². The molecule has 1 unspecified atom stereocenters. The highest BCUT2D eigenvalue weighted by Gasteiger charge is 2.21. The van der Waals surface area contributed by atoms with Crippen LogP contribution in [0.2, 0.25) is 0 Å². The van der Waals surface area contributed by atoms with E-state index in [0.29, 0.717) is 18.1 Å². The van der Waals surface area contributed by atoms with Crippen LogP contribution < -0.4 is 11.1 Å². The third-order valence-electron chi connectivity index (χ3n) is 4.26. The van der Waals surface area contributed by atoms with Crippen molar-refractivity contribution >= 4 is 0 Å². The maximum Gasteiger partial charge on any atom is 0.0322 e. The molecule has 1 saturated carbocycles. The van der Waals surface area contributed by atoms with Crippen LogP contribution in [0.4, 0.5) is 0 Å². The topological polar surface area (TPSA) is 38.0 Å². The second kappa shape index (κ2) is 7.66. The van der Waals surface area contributed by atoms with Crippen LogP contribution in [0.1, 0.15) is 63.5 Å². The molecule has 1 aliphatic carbocycles. The summed E-state index contributed by atoms with van der Waals surface area (Å²) < 4.78 is 0. The molecule has 0 spiro atoms. The fraction of sp³-hybridized carbons (Fsp3) is 0.647. The Labute approximate surface area is 117 Å². The zero-order valence-corrected chi connectivity index (χ0v) is 12.1. The predicted molar refractivity (Wildman–Crippen MR) is 82.1 cm³/mol. The predicted octanol–water partition coefficient (Wildman–Crippen LogP) is 3.78. The van der Waals surface area contributed by atoms with Crippen LogP contribution in [0.25, 0.3) is 0 Å². The molecule has 0 bridgehead atoms. The van der Waals surface area contributed by atoms with Crippen molar-refractivity contribution in [3.05, 3.63) is 35.9 Å². The van der Waals surface area contributed by atoms with E-state index in [1.54, 1.807) is 0 Å². The molecule has 0 radical (unpaired) electrons. The van der Waals surface area contributed by atoms with E-state index in [0.717, 1.165) is 0 Å². The summed E-state index contributed by atoms with van der Waals surface area (Å²) in [5.74, 6) is 0. The van der Waals surface area contributed by atoms with E-state index >= 15 is 0 Å². The van der Waals surface area contributed by atoms with E-state index < -0.39 is 0 Å². The van der Waals surface area contributed by atoms with Gasteiger partial charge in [-0.2, -0.15) is 0 Å². The van der Waals surface area contributed by atoms with Gasteiger partial charge < -0.3 is 11.1 Å². The van der Waals surface area contributed by atoms with Crippen molar-refractivity contribution in [1.29, 1.82) is 0 Å². The van der Waals surface area contributed by atoms with Gasteiger partial charge in [-0.3, -0.25) is 0 Å². The molecule has 0 aromatic heterocycles. The van der Waals surface area contributed by atoms with Crippen LogP contribution in [0.3, 0.4) is 0 Å². The van der Waals surface area contributed by atoms with Crippen molar-refractivity contribution in [3.63, 3.8) is 0 Å². The number of rotatable bonds is 6. The second-order valence-corrected chi connectivity index (χ2v) is 5.88. The van der Waals surface area contributed by atoms with Crippen molar-refractivity contribution in [2.24, 2.45) is 5.73 Å². The molecule has 2 rings (SSSR count). The Balaban J connectivity index is 1.94. The van der Waals surface area contributed by atoms with Gasteiger partial charge in [0.25, 0.3) is 0 Å². The molecule has 3 N–H and O–H groups in total. The first kappa shape index (κ1) is 14.5. The number of nitrogens with one attached hydrogen (secondary N) is 1. The Bertz CT molecular complexity index is 342. The molecule has 2 heteroatoms. The lowest BCUT2D eigenvalue weighted by Crippen LogP contribution is -2.39. The second-order valence-electron chi connectivity index (χ2n) is 5.88. The lowest BCUT2D eigenvalue weighted by molar-refractivity contribution is 0.307. The Morgan fingerprint density at radius 1 is 1.16 bits per heavy atom. The smallest absolute Gasteiger partial charge is 0.0322 e. The largest absolute Gasteiger partial charge is 0.328 e. The van der Waals surface area contributed by atoms with E-state index in [1.807, 2.05) is 0 Å². The molecule has 2 nitrogen and oxygen atoms in total. The molecule has 1 atom stereocenters. The maximum atomic E-state index is 5.99. The zero-order chi connectivity index (χ0) is 13.5. The van der Waals surface area contributed by atoms with Crippen molar-refractivity contribution in [2.45, 2.75) is 70.0 Å². The van der Waals surface area contributed by atoms with Crippen LogP contribution in [-0.2, 0) is 0 Å². The van der Waals surface area contributed by atoms with Gasteiger partial charge in [0.1, 0.15) is 0 Å². The Morgan fingerprint density at radius 2 is 1.84 bits per heavy atom. The molecule has 0 aliphatic heterocycles. The normalized spacial score (nSPS) is 25.2. The van der Waals surface area contributed by atoms with Crippen LogP contribution >= 0.6 is 0 Å². The van der Waals surface area contributed by atoms with Crippen molar-refractivity contribution < 1.29 is 0 Å². The molecular weight excluding hydrogens is 232 g/mol. The highest BCUT2D eigenvalue weighted by Crippen LogP contribution is 2.24. The van der Waals surface area contributed by atoms with E-state index in [4.69, 9.17) is 5.73 Å². The third-order valence-corrected chi connectivity index (χ3v) is 4.26. The molecule has 0 amide bonds. The van der Waals surface area contributed by atoms with Gasteiger partial charge in [-0.15, -0.1) is 0 Å². The minimum Gasteiger partial charge on any atom is -0.328 e. The van der Waals surface area contributed by atoms with E-state index in [1.165, 1.54) is 50.5 Å². The summed E-state index contributed by atoms with van der Waals surface area (Å²) in [7, 11) is 0. The monoisotopic (exact) mass is 260 g/mol. The summed E-state index contributed by atoms with van der Waals surface area (Å²) in [5.41, 5.74) is 7.43. The van der Waals surface area contributed by atoms with Gasteiger partial charge in [0, 0.05) is 18.1 Å². The summed E-state index contributed by atoms with van der Waals surface area (Å²) >= 11 is 0. The molecule has 1 aromatic rings. The van der Waals surface area contributed by atoms with Crippen LogP contribution in [0.5, 0.6) is 0 Å². The molecule has 1 aromatic carbocycles. The molecule has 0 heterocycles. The molecule has 0 saturated heterocycles. The molecule has 106 valence electrons. The van der Waals surface area contributed by atoms with E-state index in [9.17, 15) is 0 Å². The molecule has 1 fully saturated rings. The van der Waals surface area contributed by atoms with E-state index in [-0.39, 0.29) is 0 Å². The molecule has 1 aliphatic rings. The first-order chi connectivity index (χ1) is 9.29.